The van der Waals surface area contributed by atoms with Crippen molar-refractivity contribution in [3.63, 3.8) is 0 Å². The largest absolute Gasteiger partial charge is 0.483 e. The highest BCUT2D eigenvalue weighted by Gasteiger charge is 2.49. The van der Waals surface area contributed by atoms with Crippen molar-refractivity contribution in [2.75, 3.05) is 11.4 Å². The van der Waals surface area contributed by atoms with E-state index in [0.717, 1.165) is 41.9 Å². The molecule has 5 rings (SSSR count). The number of nitrogens with zero attached hydrogens (tertiary/aromatic N) is 2. The number of nitrogens with one attached hydrogen (secondary N) is 1. The van der Waals surface area contributed by atoms with Crippen LogP contribution in [0.3, 0.4) is 0 Å². The van der Waals surface area contributed by atoms with E-state index in [1.54, 1.807) is 13.1 Å². The molecule has 216 valence electrons. The van der Waals surface area contributed by atoms with Gasteiger partial charge in [0.05, 0.1) is 17.4 Å². The summed E-state index contributed by atoms with van der Waals surface area (Å²) in [6.45, 7) is 9.16. The number of carbonyl (C=O) groups is 3. The molecular formula is C32H34ClF2N3O3. The summed E-state index contributed by atoms with van der Waals surface area (Å²) in [6, 6.07) is 17.7. The second kappa shape index (κ2) is 12.5. The lowest BCUT2D eigenvalue weighted by Gasteiger charge is -2.37. The van der Waals surface area contributed by atoms with Crippen molar-refractivity contribution in [2.45, 2.75) is 65.0 Å². The Bertz CT molecular complexity index is 1420. The first-order valence-electron chi connectivity index (χ1n) is 13.6. The van der Waals surface area contributed by atoms with Crippen molar-refractivity contribution in [3.05, 3.63) is 82.5 Å². The zero-order chi connectivity index (χ0) is 29.9. The van der Waals surface area contributed by atoms with E-state index in [1.165, 1.54) is 5.56 Å². The monoisotopic (exact) mass is 581 g/mol. The molecule has 6 nitrogen and oxygen atoms in total. The number of anilines is 1. The fourth-order valence-electron chi connectivity index (χ4n) is 6.05. The Hall–Kier alpha value is -3.65. The second-order valence-corrected chi connectivity index (χ2v) is 12.2. The summed E-state index contributed by atoms with van der Waals surface area (Å²) < 4.78 is 19.4. The Morgan fingerprint density at radius 2 is 1.73 bits per heavy atom. The van der Waals surface area contributed by atoms with Crippen LogP contribution in [0.4, 0.5) is 19.3 Å². The second-order valence-electron chi connectivity index (χ2n) is 11.8. The molecule has 0 radical (unpaired) electrons. The molecule has 2 heterocycles. The molecule has 9 heteroatoms. The summed E-state index contributed by atoms with van der Waals surface area (Å²) in [7, 11) is 0. The van der Waals surface area contributed by atoms with Crippen LogP contribution in [-0.2, 0) is 11.2 Å². The van der Waals surface area contributed by atoms with Crippen LogP contribution in [0, 0.1) is 5.41 Å². The number of rotatable bonds is 6. The molecule has 1 N–H and O–H groups in total. The van der Waals surface area contributed by atoms with Crippen LogP contribution >= 0.6 is 11.6 Å². The topological polar surface area (TPSA) is 79.4 Å². The number of halogens is 3. The van der Waals surface area contributed by atoms with E-state index >= 15 is 0 Å². The van der Waals surface area contributed by atoms with Gasteiger partial charge in [-0.1, -0.05) is 50.6 Å². The SMILES string of the molecule is CC(=O)N[C@@H]1CC[C@H]2c3cc(C(=O)Cc4ccc(Cl)cc4)cc(-c4ccccn4)c3N(CC(C)(C)C)[C@@H]12.O=C(F)F. The molecule has 2 aromatic carbocycles. The molecule has 1 aliphatic heterocycles. The van der Waals surface area contributed by atoms with Crippen LogP contribution in [0.1, 0.15) is 67.9 Å². The molecule has 0 unspecified atom stereocenters. The molecule has 41 heavy (non-hydrogen) atoms. The van der Waals surface area contributed by atoms with E-state index in [9.17, 15) is 18.4 Å². The minimum Gasteiger partial charge on any atom is -0.365 e. The number of amides is 1. The summed E-state index contributed by atoms with van der Waals surface area (Å²) in [5.74, 6) is 0.325. The van der Waals surface area contributed by atoms with Gasteiger partial charge in [0.1, 0.15) is 0 Å². The quantitative estimate of drug-likeness (QED) is 0.241. The van der Waals surface area contributed by atoms with Gasteiger partial charge in [-0.05, 0) is 65.8 Å². The molecule has 1 amide bonds. The van der Waals surface area contributed by atoms with Crippen LogP contribution < -0.4 is 10.2 Å². The first-order chi connectivity index (χ1) is 19.3. The number of hydrogen-bond acceptors (Lipinski definition) is 5. The van der Waals surface area contributed by atoms with Gasteiger partial charge in [0.25, 0.3) is 0 Å². The Kier molecular flexibility index (Phi) is 9.22. The predicted molar refractivity (Wildman–Crippen MR) is 157 cm³/mol. The fraction of sp³-hybridized carbons (Fsp3) is 0.375. The zero-order valence-corrected chi connectivity index (χ0v) is 24.3. The van der Waals surface area contributed by atoms with Gasteiger partial charge in [-0.3, -0.25) is 14.6 Å². The molecule has 1 fully saturated rings. The van der Waals surface area contributed by atoms with Crippen molar-refractivity contribution >= 4 is 35.3 Å². The van der Waals surface area contributed by atoms with E-state index in [-0.39, 0.29) is 35.1 Å². The van der Waals surface area contributed by atoms with Gasteiger partial charge in [-0.25, -0.2) is 4.79 Å². The van der Waals surface area contributed by atoms with Crippen molar-refractivity contribution < 1.29 is 23.2 Å². The van der Waals surface area contributed by atoms with Crippen LogP contribution in [0.15, 0.2) is 60.8 Å². The highest BCUT2D eigenvalue weighted by molar-refractivity contribution is 6.30. The molecule has 0 bridgehead atoms. The Morgan fingerprint density at radius 1 is 1.05 bits per heavy atom. The van der Waals surface area contributed by atoms with Gasteiger partial charge >= 0.3 is 6.29 Å². The average molecular weight is 582 g/mol. The lowest BCUT2D eigenvalue weighted by atomic mass is 9.90. The number of fused-ring (bicyclic) bond motifs is 3. The van der Waals surface area contributed by atoms with E-state index in [1.807, 2.05) is 48.5 Å². The highest BCUT2D eigenvalue weighted by Crippen LogP contribution is 2.53. The number of Topliss-reactive ketones (excluding diaryl/α,β-unsaturated/α-hetero) is 1. The minimum absolute atomic E-state index is 0.00101. The first-order valence-corrected chi connectivity index (χ1v) is 14.0. The minimum atomic E-state index is -2.83. The van der Waals surface area contributed by atoms with Crippen molar-refractivity contribution in [1.29, 1.82) is 0 Å². The molecule has 0 spiro atoms. The van der Waals surface area contributed by atoms with Crippen molar-refractivity contribution in [2.24, 2.45) is 5.41 Å². The Labute approximate surface area is 244 Å². The molecule has 2 aliphatic rings. The number of aromatic nitrogens is 1. The first kappa shape index (κ1) is 30.3. The zero-order valence-electron chi connectivity index (χ0n) is 23.6. The molecular weight excluding hydrogens is 548 g/mol. The molecule has 3 atom stereocenters. The van der Waals surface area contributed by atoms with Gasteiger partial charge in [-0.15, -0.1) is 8.78 Å². The van der Waals surface area contributed by atoms with Gasteiger partial charge in [0.2, 0.25) is 5.91 Å². The van der Waals surface area contributed by atoms with E-state index < -0.39 is 6.29 Å². The molecule has 1 aromatic heterocycles. The third kappa shape index (κ3) is 7.36. The lowest BCUT2D eigenvalue weighted by Crippen LogP contribution is -2.50. The third-order valence-electron chi connectivity index (χ3n) is 7.37. The van der Waals surface area contributed by atoms with E-state index in [2.05, 4.69) is 37.1 Å². The van der Waals surface area contributed by atoms with Gasteiger partial charge in [0.15, 0.2) is 5.78 Å². The molecule has 1 aliphatic carbocycles. The number of benzene rings is 2. The van der Waals surface area contributed by atoms with Crippen LogP contribution in [0.5, 0.6) is 0 Å². The van der Waals surface area contributed by atoms with E-state index in [0.29, 0.717) is 17.0 Å². The third-order valence-corrected chi connectivity index (χ3v) is 7.63. The summed E-state index contributed by atoms with van der Waals surface area (Å²) in [6.07, 6.45) is 1.18. The molecule has 3 aromatic rings. The van der Waals surface area contributed by atoms with Crippen LogP contribution in [0.2, 0.25) is 5.02 Å². The number of pyridine rings is 1. The van der Waals surface area contributed by atoms with Crippen molar-refractivity contribution in [1.82, 2.24) is 10.3 Å². The summed E-state index contributed by atoms with van der Waals surface area (Å²) in [5, 5.41) is 3.88. The molecule has 0 saturated heterocycles. The van der Waals surface area contributed by atoms with E-state index in [4.69, 9.17) is 21.4 Å². The predicted octanol–water partition coefficient (Wildman–Crippen LogP) is 7.49. The number of hydrogen-bond donors (Lipinski definition) is 1. The lowest BCUT2D eigenvalue weighted by molar-refractivity contribution is -0.119. The standard InChI is InChI=1S/C31H34ClN3O2.CF2O/c1-19(36)34-27-13-12-23-24-16-21(28(37)15-20-8-10-22(32)11-9-20)17-25(26-7-5-6-14-33-26)29(24)35(30(23)27)18-31(2,3)4;2-1(3)4/h5-11,14,16-17,23,27,30H,12-13,15,18H2,1-4H3,(H,34,36);/t23-,27+,30+;/m0./s1. The number of ketones is 1. The average Bonchev–Trinajstić information content (AvgIpc) is 3.43. The number of carbonyl (C=O) groups excluding carboxylic acids is 3. The maximum absolute atomic E-state index is 13.6. The van der Waals surface area contributed by atoms with Crippen LogP contribution in [0.25, 0.3) is 11.3 Å². The van der Waals surface area contributed by atoms with Crippen LogP contribution in [-0.4, -0.2) is 41.6 Å². The maximum Gasteiger partial charge on any atom is 0.483 e. The van der Waals surface area contributed by atoms with Gasteiger partial charge in [0, 0.05) is 54.2 Å². The maximum atomic E-state index is 13.6. The van der Waals surface area contributed by atoms with Gasteiger partial charge < -0.3 is 10.2 Å². The molecule has 1 saturated carbocycles. The van der Waals surface area contributed by atoms with Gasteiger partial charge in [-0.2, -0.15) is 0 Å². The Morgan fingerprint density at radius 3 is 2.32 bits per heavy atom. The Balaban J connectivity index is 0.000000909. The summed E-state index contributed by atoms with van der Waals surface area (Å²) >= 11 is 6.05. The highest BCUT2D eigenvalue weighted by atomic mass is 35.5. The normalized spacial score (nSPS) is 19.1. The summed E-state index contributed by atoms with van der Waals surface area (Å²) in [4.78, 5) is 41.0. The van der Waals surface area contributed by atoms with Crippen molar-refractivity contribution in [3.8, 4) is 11.3 Å². The summed E-state index contributed by atoms with van der Waals surface area (Å²) in [5.41, 5.74) is 5.88. The smallest absolute Gasteiger partial charge is 0.365 e. The fourth-order valence-corrected chi connectivity index (χ4v) is 6.17.